The average molecular weight is 265 g/mol. The third-order valence-electron chi connectivity index (χ3n) is 3.60. The number of aromatic nitrogens is 3. The van der Waals surface area contributed by atoms with Crippen molar-refractivity contribution in [3.05, 3.63) is 12.2 Å². The predicted molar refractivity (Wildman–Crippen MR) is 72.5 cm³/mol. The van der Waals surface area contributed by atoms with Crippen LogP contribution in [0.1, 0.15) is 45.0 Å². The number of amides is 1. The van der Waals surface area contributed by atoms with Gasteiger partial charge in [-0.1, -0.05) is 0 Å². The summed E-state index contributed by atoms with van der Waals surface area (Å²) in [5.41, 5.74) is 0. The summed E-state index contributed by atoms with van der Waals surface area (Å²) in [6, 6.07) is -0.0893. The van der Waals surface area contributed by atoms with E-state index in [1.807, 2.05) is 18.4 Å². The molecule has 1 N–H and O–H groups in total. The van der Waals surface area contributed by atoms with E-state index in [1.54, 1.807) is 6.33 Å². The molecule has 0 spiro atoms. The first kappa shape index (κ1) is 14.0. The Kier molecular flexibility index (Phi) is 4.90. The summed E-state index contributed by atoms with van der Waals surface area (Å²) in [4.78, 5) is 14.3. The first-order chi connectivity index (χ1) is 9.20. The van der Waals surface area contributed by atoms with Gasteiger partial charge in [-0.25, -0.2) is 0 Å². The van der Waals surface area contributed by atoms with E-state index in [-0.39, 0.29) is 11.9 Å². The fraction of sp³-hybridized carbons (Fsp3) is 0.769. The van der Waals surface area contributed by atoms with Gasteiger partial charge in [-0.2, -0.15) is 0 Å². The number of carbonyl (C=O) groups is 1. The molecule has 6 nitrogen and oxygen atoms in total. The zero-order chi connectivity index (χ0) is 13.7. The van der Waals surface area contributed by atoms with Gasteiger partial charge in [0.2, 0.25) is 5.91 Å². The van der Waals surface area contributed by atoms with Crippen LogP contribution in [0.25, 0.3) is 0 Å². The molecule has 0 aliphatic carbocycles. The summed E-state index contributed by atoms with van der Waals surface area (Å²) in [5, 5.41) is 10.9. The predicted octanol–water partition coefficient (Wildman–Crippen LogP) is 0.961. The first-order valence-electron chi connectivity index (χ1n) is 7.10. The minimum atomic E-state index is -0.0893. The van der Waals surface area contributed by atoms with Gasteiger partial charge in [-0.15, -0.1) is 10.2 Å². The van der Waals surface area contributed by atoms with Gasteiger partial charge in [-0.05, 0) is 39.8 Å². The van der Waals surface area contributed by atoms with Crippen molar-refractivity contribution in [2.24, 2.45) is 0 Å². The smallest absolute Gasteiger partial charge is 0.221 e. The van der Waals surface area contributed by atoms with Gasteiger partial charge in [0.05, 0.1) is 6.04 Å². The maximum absolute atomic E-state index is 11.9. The molecule has 0 bridgehead atoms. The molecular weight excluding hydrogens is 242 g/mol. The van der Waals surface area contributed by atoms with Crippen LogP contribution in [0, 0.1) is 0 Å². The first-order valence-corrected chi connectivity index (χ1v) is 7.10. The van der Waals surface area contributed by atoms with E-state index in [0.29, 0.717) is 6.42 Å². The Morgan fingerprint density at radius 3 is 2.89 bits per heavy atom. The Morgan fingerprint density at radius 1 is 1.47 bits per heavy atom. The Morgan fingerprint density at radius 2 is 2.21 bits per heavy atom. The van der Waals surface area contributed by atoms with Gasteiger partial charge in [0.15, 0.2) is 5.82 Å². The number of hydrogen-bond donors (Lipinski definition) is 1. The van der Waals surface area contributed by atoms with E-state index >= 15 is 0 Å². The second-order valence-electron chi connectivity index (χ2n) is 5.06. The van der Waals surface area contributed by atoms with Crippen molar-refractivity contribution < 1.29 is 4.79 Å². The number of rotatable bonds is 6. The van der Waals surface area contributed by atoms with E-state index in [9.17, 15) is 4.79 Å². The maximum atomic E-state index is 11.9. The molecule has 1 unspecified atom stereocenters. The van der Waals surface area contributed by atoms with Crippen LogP contribution in [0.2, 0.25) is 0 Å². The highest BCUT2D eigenvalue weighted by Gasteiger charge is 2.17. The quantitative estimate of drug-likeness (QED) is 0.832. The van der Waals surface area contributed by atoms with Crippen LogP contribution in [0.4, 0.5) is 0 Å². The van der Waals surface area contributed by atoms with Crippen molar-refractivity contribution in [3.8, 4) is 0 Å². The van der Waals surface area contributed by atoms with Crippen molar-refractivity contribution in [1.29, 1.82) is 0 Å². The fourth-order valence-electron chi connectivity index (χ4n) is 2.49. The number of nitrogens with zero attached hydrogens (tertiary/aromatic N) is 4. The minimum absolute atomic E-state index is 0.0880. The van der Waals surface area contributed by atoms with E-state index in [0.717, 1.165) is 32.0 Å². The second kappa shape index (κ2) is 6.65. The molecule has 1 saturated heterocycles. The molecule has 0 radical (unpaired) electrons. The normalized spacial score (nSPS) is 17.6. The molecule has 0 saturated carbocycles. The largest absolute Gasteiger partial charge is 0.346 e. The van der Waals surface area contributed by atoms with Crippen LogP contribution >= 0.6 is 0 Å². The van der Waals surface area contributed by atoms with Gasteiger partial charge >= 0.3 is 0 Å². The van der Waals surface area contributed by atoms with E-state index in [2.05, 4.69) is 20.4 Å². The molecule has 2 rings (SSSR count). The highest BCUT2D eigenvalue weighted by atomic mass is 16.1. The third-order valence-corrected chi connectivity index (χ3v) is 3.60. The summed E-state index contributed by atoms with van der Waals surface area (Å²) in [6.45, 7) is 7.92. The third kappa shape index (κ3) is 3.76. The monoisotopic (exact) mass is 265 g/mol. The van der Waals surface area contributed by atoms with Gasteiger partial charge in [0, 0.05) is 19.5 Å². The van der Waals surface area contributed by atoms with Gasteiger partial charge in [0.1, 0.15) is 6.33 Å². The molecule has 1 amide bonds. The molecule has 1 aromatic rings. The number of nitrogens with one attached hydrogen (secondary N) is 1. The van der Waals surface area contributed by atoms with Crippen LogP contribution in [0.15, 0.2) is 6.33 Å². The maximum Gasteiger partial charge on any atom is 0.221 e. The van der Waals surface area contributed by atoms with E-state index < -0.39 is 0 Å². The topological polar surface area (TPSA) is 63.1 Å². The lowest BCUT2D eigenvalue weighted by molar-refractivity contribution is -0.122. The molecule has 2 heterocycles. The Balaban J connectivity index is 1.78. The van der Waals surface area contributed by atoms with E-state index in [4.69, 9.17) is 0 Å². The van der Waals surface area contributed by atoms with Gasteiger partial charge in [-0.3, -0.25) is 4.79 Å². The second-order valence-corrected chi connectivity index (χ2v) is 5.06. The standard InChI is InChI=1S/C13H23N5O/c1-3-18-10-14-16-13(18)11(2)15-12(19)6-9-17-7-4-5-8-17/h10-11H,3-9H2,1-2H3,(H,15,19). The van der Waals surface area contributed by atoms with Crippen LogP contribution in [-0.2, 0) is 11.3 Å². The summed E-state index contributed by atoms with van der Waals surface area (Å²) in [7, 11) is 0. The SMILES string of the molecule is CCn1cnnc1C(C)NC(=O)CCN1CCCC1. The molecular formula is C13H23N5O. The van der Waals surface area contributed by atoms with Gasteiger partial charge < -0.3 is 14.8 Å². The molecule has 1 aliphatic heterocycles. The molecule has 6 heteroatoms. The number of likely N-dealkylation sites (tertiary alicyclic amines) is 1. The summed E-state index contributed by atoms with van der Waals surface area (Å²) >= 11 is 0. The number of hydrogen-bond acceptors (Lipinski definition) is 4. The summed E-state index contributed by atoms with van der Waals surface area (Å²) in [5.74, 6) is 0.905. The van der Waals surface area contributed by atoms with Crippen LogP contribution in [0.5, 0.6) is 0 Å². The molecule has 1 aromatic heterocycles. The minimum Gasteiger partial charge on any atom is -0.346 e. The Bertz CT molecular complexity index is 411. The van der Waals surface area contributed by atoms with Crippen LogP contribution < -0.4 is 5.32 Å². The molecule has 1 aliphatic rings. The fourth-order valence-corrected chi connectivity index (χ4v) is 2.49. The van der Waals surface area contributed by atoms with Gasteiger partial charge in [0.25, 0.3) is 0 Å². The lowest BCUT2D eigenvalue weighted by atomic mass is 10.3. The van der Waals surface area contributed by atoms with Crippen molar-refractivity contribution in [1.82, 2.24) is 25.0 Å². The molecule has 106 valence electrons. The van der Waals surface area contributed by atoms with Crippen LogP contribution in [0.3, 0.4) is 0 Å². The van der Waals surface area contributed by atoms with Crippen molar-refractivity contribution >= 4 is 5.91 Å². The molecule has 0 aromatic carbocycles. The molecule has 1 atom stereocenters. The lowest BCUT2D eigenvalue weighted by Gasteiger charge is -2.16. The highest BCUT2D eigenvalue weighted by molar-refractivity contribution is 5.76. The Labute approximate surface area is 114 Å². The number of carbonyl (C=O) groups excluding carboxylic acids is 1. The lowest BCUT2D eigenvalue weighted by Crippen LogP contribution is -2.32. The van der Waals surface area contributed by atoms with Crippen molar-refractivity contribution in [3.63, 3.8) is 0 Å². The molecule has 19 heavy (non-hydrogen) atoms. The molecule has 1 fully saturated rings. The van der Waals surface area contributed by atoms with Crippen LogP contribution in [-0.4, -0.2) is 45.2 Å². The summed E-state index contributed by atoms with van der Waals surface area (Å²) < 4.78 is 1.95. The summed E-state index contributed by atoms with van der Waals surface area (Å²) in [6.07, 6.45) is 4.78. The average Bonchev–Trinajstić information content (AvgIpc) is 3.07. The van der Waals surface area contributed by atoms with Crippen molar-refractivity contribution in [2.75, 3.05) is 19.6 Å². The zero-order valence-corrected chi connectivity index (χ0v) is 11.8. The van der Waals surface area contributed by atoms with E-state index in [1.165, 1.54) is 12.8 Å². The number of aryl methyl sites for hydroxylation is 1. The van der Waals surface area contributed by atoms with Crippen molar-refractivity contribution in [2.45, 2.75) is 45.7 Å². The zero-order valence-electron chi connectivity index (χ0n) is 11.8. The highest BCUT2D eigenvalue weighted by Crippen LogP contribution is 2.10. The Hall–Kier alpha value is -1.43.